The lowest BCUT2D eigenvalue weighted by molar-refractivity contribution is 0.0888. The van der Waals surface area contributed by atoms with Gasteiger partial charge in [0.05, 0.1) is 23.7 Å². The molecule has 1 aromatic carbocycles. The summed E-state index contributed by atoms with van der Waals surface area (Å²) in [6.45, 7) is 0.284. The highest BCUT2D eigenvalue weighted by Gasteiger charge is 2.21. The van der Waals surface area contributed by atoms with Crippen molar-refractivity contribution in [2.45, 2.75) is 6.04 Å². The van der Waals surface area contributed by atoms with Crippen molar-refractivity contribution >= 4 is 16.7 Å². The van der Waals surface area contributed by atoms with Gasteiger partial charge in [-0.25, -0.2) is 5.10 Å². The van der Waals surface area contributed by atoms with Crippen LogP contribution in [0.2, 0.25) is 0 Å². The maximum Gasteiger partial charge on any atom is 0.272 e. The summed E-state index contributed by atoms with van der Waals surface area (Å²) in [6.07, 6.45) is 1.65. The van der Waals surface area contributed by atoms with E-state index in [9.17, 15) is 9.59 Å². The molecular weight excluding hydrogens is 310 g/mol. The maximum atomic E-state index is 12.7. The summed E-state index contributed by atoms with van der Waals surface area (Å²) in [7, 11) is 3.35. The second-order valence-corrected chi connectivity index (χ2v) is 5.31. The maximum absolute atomic E-state index is 12.7. The first-order valence-electron chi connectivity index (χ1n) is 7.37. The predicted octanol–water partition coefficient (Wildman–Crippen LogP) is 0.774. The zero-order valence-corrected chi connectivity index (χ0v) is 13.3. The number of rotatable bonds is 5. The lowest BCUT2D eigenvalue weighted by Gasteiger charge is -2.18. The number of aromatic amines is 1. The van der Waals surface area contributed by atoms with Gasteiger partial charge in [-0.15, -0.1) is 0 Å². The second-order valence-electron chi connectivity index (χ2n) is 5.31. The van der Waals surface area contributed by atoms with Crippen LogP contribution < -0.4 is 10.9 Å². The van der Waals surface area contributed by atoms with Crippen molar-refractivity contribution in [2.75, 3.05) is 13.7 Å². The van der Waals surface area contributed by atoms with Crippen molar-refractivity contribution < 1.29 is 9.53 Å². The Kier molecular flexibility index (Phi) is 4.39. The highest BCUT2D eigenvalue weighted by Crippen LogP contribution is 2.16. The molecule has 0 aliphatic heterocycles. The monoisotopic (exact) mass is 327 g/mol. The number of nitrogens with one attached hydrogen (secondary N) is 2. The topological polar surface area (TPSA) is 102 Å². The minimum absolute atomic E-state index is 0.161. The summed E-state index contributed by atoms with van der Waals surface area (Å²) < 4.78 is 6.86. The smallest absolute Gasteiger partial charge is 0.272 e. The Hall–Kier alpha value is -3.00. The number of hydrogen-bond donors (Lipinski definition) is 2. The van der Waals surface area contributed by atoms with Crippen LogP contribution in [0.25, 0.3) is 10.8 Å². The summed E-state index contributed by atoms with van der Waals surface area (Å²) in [6, 6.07) is 8.27. The van der Waals surface area contributed by atoms with Crippen molar-refractivity contribution in [3.63, 3.8) is 0 Å². The van der Waals surface area contributed by atoms with E-state index in [0.29, 0.717) is 10.8 Å². The van der Waals surface area contributed by atoms with Crippen LogP contribution >= 0.6 is 0 Å². The van der Waals surface area contributed by atoms with E-state index in [2.05, 4.69) is 20.6 Å². The highest BCUT2D eigenvalue weighted by atomic mass is 16.5. The number of fused-ring (bicyclic) bond motifs is 1. The Balaban J connectivity index is 1.96. The molecule has 0 aliphatic rings. The van der Waals surface area contributed by atoms with Crippen molar-refractivity contribution in [3.05, 3.63) is 58.3 Å². The van der Waals surface area contributed by atoms with Gasteiger partial charge >= 0.3 is 0 Å². The van der Waals surface area contributed by atoms with Gasteiger partial charge in [0, 0.05) is 25.7 Å². The largest absolute Gasteiger partial charge is 0.382 e. The van der Waals surface area contributed by atoms with Crippen LogP contribution in [0.4, 0.5) is 0 Å². The number of methoxy groups -OCH3 is 1. The van der Waals surface area contributed by atoms with Crippen molar-refractivity contribution in [2.24, 2.45) is 7.05 Å². The van der Waals surface area contributed by atoms with E-state index in [1.54, 1.807) is 49.3 Å². The normalized spacial score (nSPS) is 12.2. The summed E-state index contributed by atoms with van der Waals surface area (Å²) in [4.78, 5) is 24.5. The molecule has 2 N–H and O–H groups in total. The molecule has 3 rings (SSSR count). The highest BCUT2D eigenvalue weighted by molar-refractivity contribution is 6.04. The number of ether oxygens (including phenoxy) is 1. The van der Waals surface area contributed by atoms with Crippen LogP contribution in [-0.2, 0) is 11.8 Å². The number of hydrogen-bond acceptors (Lipinski definition) is 5. The summed E-state index contributed by atoms with van der Waals surface area (Å²) in [5.74, 6) is -0.397. The van der Waals surface area contributed by atoms with Gasteiger partial charge in [-0.05, 0) is 12.1 Å². The molecule has 8 nitrogen and oxygen atoms in total. The van der Waals surface area contributed by atoms with Gasteiger partial charge < -0.3 is 10.1 Å². The van der Waals surface area contributed by atoms with E-state index in [4.69, 9.17) is 4.74 Å². The molecule has 124 valence electrons. The van der Waals surface area contributed by atoms with Crippen LogP contribution in [0.3, 0.4) is 0 Å². The third-order valence-corrected chi connectivity index (χ3v) is 3.77. The van der Waals surface area contributed by atoms with Crippen LogP contribution in [0, 0.1) is 0 Å². The molecule has 1 amide bonds. The van der Waals surface area contributed by atoms with Gasteiger partial charge in [0.1, 0.15) is 0 Å². The first-order chi connectivity index (χ1) is 11.6. The molecule has 0 aliphatic carbocycles. The minimum atomic E-state index is -0.397. The molecule has 2 aromatic heterocycles. The number of H-pyrrole nitrogens is 1. The lowest BCUT2D eigenvalue weighted by atomic mass is 10.1. The third kappa shape index (κ3) is 2.91. The van der Waals surface area contributed by atoms with Gasteiger partial charge in [0.15, 0.2) is 5.69 Å². The molecule has 0 fully saturated rings. The Morgan fingerprint density at radius 2 is 2.08 bits per heavy atom. The molecule has 0 radical (unpaired) electrons. The van der Waals surface area contributed by atoms with Crippen LogP contribution in [0.15, 0.2) is 41.3 Å². The molecule has 3 aromatic rings. The molecule has 0 spiro atoms. The number of aryl methyl sites for hydroxylation is 1. The Labute approximate surface area is 137 Å². The van der Waals surface area contributed by atoms with E-state index in [1.807, 2.05) is 6.07 Å². The zero-order valence-electron chi connectivity index (χ0n) is 13.3. The number of carbonyl (C=O) groups excluding carboxylic acids is 1. The van der Waals surface area contributed by atoms with Crippen molar-refractivity contribution in [3.8, 4) is 0 Å². The molecule has 2 heterocycles. The zero-order chi connectivity index (χ0) is 17.1. The van der Waals surface area contributed by atoms with Crippen LogP contribution in [-0.4, -0.2) is 39.6 Å². The number of aromatic nitrogens is 4. The van der Waals surface area contributed by atoms with Gasteiger partial charge in [0.2, 0.25) is 0 Å². The van der Waals surface area contributed by atoms with E-state index in [-0.39, 0.29) is 23.9 Å². The standard InChI is InChI=1S/C16H17N5O3/c1-21-13(7-8-17-21)12(9-24-2)18-16(23)14-10-5-3-4-6-11(10)15(22)20-19-14/h3-8,12H,9H2,1-2H3,(H,18,23)(H,20,22). The molecule has 0 saturated carbocycles. The number of carbonyl (C=O) groups is 1. The van der Waals surface area contributed by atoms with E-state index in [0.717, 1.165) is 5.69 Å². The molecule has 0 saturated heterocycles. The molecule has 8 heteroatoms. The number of benzene rings is 1. The average molecular weight is 327 g/mol. The van der Waals surface area contributed by atoms with E-state index < -0.39 is 5.91 Å². The van der Waals surface area contributed by atoms with Gasteiger partial charge in [-0.1, -0.05) is 18.2 Å². The van der Waals surface area contributed by atoms with Crippen LogP contribution in [0.1, 0.15) is 22.2 Å². The Morgan fingerprint density at radius 1 is 1.33 bits per heavy atom. The van der Waals surface area contributed by atoms with Gasteiger partial charge in [-0.3, -0.25) is 14.3 Å². The fourth-order valence-corrected chi connectivity index (χ4v) is 2.61. The average Bonchev–Trinajstić information content (AvgIpc) is 3.01. The van der Waals surface area contributed by atoms with E-state index >= 15 is 0 Å². The first-order valence-corrected chi connectivity index (χ1v) is 7.37. The Bertz CT molecular complexity index is 931. The van der Waals surface area contributed by atoms with E-state index in [1.165, 1.54) is 0 Å². The molecule has 1 unspecified atom stereocenters. The minimum Gasteiger partial charge on any atom is -0.382 e. The van der Waals surface area contributed by atoms with Crippen LogP contribution in [0.5, 0.6) is 0 Å². The van der Waals surface area contributed by atoms with Gasteiger partial charge in [0.25, 0.3) is 11.5 Å². The molecule has 0 bridgehead atoms. The SMILES string of the molecule is COCC(NC(=O)c1n[nH]c(=O)c2ccccc12)c1ccnn1C. The molecule has 1 atom stereocenters. The van der Waals surface area contributed by atoms with Crippen molar-refractivity contribution in [1.29, 1.82) is 0 Å². The molecular formula is C16H17N5O3. The van der Waals surface area contributed by atoms with Gasteiger partial charge in [-0.2, -0.15) is 10.2 Å². The fourth-order valence-electron chi connectivity index (χ4n) is 2.61. The number of nitrogens with zero attached hydrogens (tertiary/aromatic N) is 3. The second kappa shape index (κ2) is 6.63. The first kappa shape index (κ1) is 15.9. The quantitative estimate of drug-likeness (QED) is 0.721. The number of amides is 1. The predicted molar refractivity (Wildman–Crippen MR) is 87.7 cm³/mol. The third-order valence-electron chi connectivity index (χ3n) is 3.77. The van der Waals surface area contributed by atoms with Crippen molar-refractivity contribution in [1.82, 2.24) is 25.3 Å². The summed E-state index contributed by atoms with van der Waals surface area (Å²) in [5, 5.41) is 14.2. The molecule has 24 heavy (non-hydrogen) atoms. The summed E-state index contributed by atoms with van der Waals surface area (Å²) in [5.41, 5.74) is 0.634. The fraction of sp³-hybridized carbons (Fsp3) is 0.250. The lowest BCUT2D eigenvalue weighted by Crippen LogP contribution is -2.34. The Morgan fingerprint density at radius 3 is 2.75 bits per heavy atom. The summed E-state index contributed by atoms with van der Waals surface area (Å²) >= 11 is 0.